The summed E-state index contributed by atoms with van der Waals surface area (Å²) in [4.78, 5) is 3.58. The SMILES string of the molecule is OC(Cn1cccn1)(c1ccc(F)cc1F)C(F)(F)c1ccccn1. The largest absolute Gasteiger partial charge is 0.377 e. The Morgan fingerprint density at radius 2 is 1.84 bits per heavy atom. The van der Waals surface area contributed by atoms with E-state index in [-0.39, 0.29) is 0 Å². The monoisotopic (exact) mass is 351 g/mol. The third-order valence-corrected chi connectivity index (χ3v) is 3.83. The van der Waals surface area contributed by atoms with Crippen molar-refractivity contribution in [1.29, 1.82) is 0 Å². The van der Waals surface area contributed by atoms with Crippen LogP contribution in [0.25, 0.3) is 0 Å². The molecule has 0 saturated heterocycles. The van der Waals surface area contributed by atoms with Gasteiger partial charge in [0.05, 0.1) is 6.54 Å². The highest BCUT2D eigenvalue weighted by Crippen LogP contribution is 2.46. The molecule has 0 aliphatic rings. The molecule has 4 nitrogen and oxygen atoms in total. The van der Waals surface area contributed by atoms with Gasteiger partial charge in [-0.3, -0.25) is 9.67 Å². The highest BCUT2D eigenvalue weighted by Gasteiger charge is 2.57. The smallest absolute Gasteiger partial charge is 0.323 e. The number of nitrogens with zero attached hydrogens (tertiary/aromatic N) is 3. The Morgan fingerprint density at radius 1 is 1.04 bits per heavy atom. The lowest BCUT2D eigenvalue weighted by Gasteiger charge is -2.36. The Labute approximate surface area is 140 Å². The molecule has 1 unspecified atom stereocenters. The molecule has 8 heteroatoms. The fourth-order valence-corrected chi connectivity index (χ4v) is 2.57. The van der Waals surface area contributed by atoms with Gasteiger partial charge in [-0.15, -0.1) is 0 Å². The van der Waals surface area contributed by atoms with Crippen molar-refractivity contribution in [3.8, 4) is 0 Å². The molecule has 0 aliphatic heterocycles. The Hall–Kier alpha value is -2.74. The lowest BCUT2D eigenvalue weighted by atomic mass is 9.84. The first-order valence-corrected chi connectivity index (χ1v) is 7.29. The van der Waals surface area contributed by atoms with Gasteiger partial charge in [0.25, 0.3) is 0 Å². The van der Waals surface area contributed by atoms with E-state index in [1.807, 2.05) is 0 Å². The van der Waals surface area contributed by atoms with Gasteiger partial charge in [-0.25, -0.2) is 8.78 Å². The van der Waals surface area contributed by atoms with Crippen LogP contribution in [0.4, 0.5) is 17.6 Å². The molecule has 0 bridgehead atoms. The standard InChI is InChI=1S/C17H13F4N3O/c18-12-5-6-13(14(19)10-12)16(25,11-24-9-3-8-23-24)17(20,21)15-4-1-2-7-22-15/h1-10,25H,11H2. The summed E-state index contributed by atoms with van der Waals surface area (Å²) in [5.41, 5.74) is -4.53. The normalized spacial score (nSPS) is 14.3. The van der Waals surface area contributed by atoms with Crippen LogP contribution in [0.2, 0.25) is 0 Å². The third kappa shape index (κ3) is 3.00. The van der Waals surface area contributed by atoms with Gasteiger partial charge in [-0.1, -0.05) is 6.07 Å². The van der Waals surface area contributed by atoms with Crippen LogP contribution >= 0.6 is 0 Å². The van der Waals surface area contributed by atoms with Gasteiger partial charge in [0.1, 0.15) is 17.3 Å². The topological polar surface area (TPSA) is 50.9 Å². The number of benzene rings is 1. The maximum Gasteiger partial charge on any atom is 0.323 e. The van der Waals surface area contributed by atoms with Crippen molar-refractivity contribution in [3.63, 3.8) is 0 Å². The Morgan fingerprint density at radius 3 is 2.44 bits per heavy atom. The maximum atomic E-state index is 15.1. The zero-order valence-corrected chi connectivity index (χ0v) is 12.8. The van der Waals surface area contributed by atoms with E-state index >= 15 is 8.78 Å². The fourth-order valence-electron chi connectivity index (χ4n) is 2.57. The molecule has 1 N–H and O–H groups in total. The summed E-state index contributed by atoms with van der Waals surface area (Å²) in [7, 11) is 0. The van der Waals surface area contributed by atoms with Gasteiger partial charge in [0.15, 0.2) is 5.60 Å². The number of alkyl halides is 2. The number of aromatic nitrogens is 3. The van der Waals surface area contributed by atoms with Gasteiger partial charge in [-0.2, -0.15) is 13.9 Å². The van der Waals surface area contributed by atoms with Crippen molar-refractivity contribution in [2.45, 2.75) is 18.1 Å². The van der Waals surface area contributed by atoms with Crippen LogP contribution in [0.5, 0.6) is 0 Å². The van der Waals surface area contributed by atoms with E-state index < -0.39 is 41.0 Å². The van der Waals surface area contributed by atoms with Crippen molar-refractivity contribution in [3.05, 3.63) is 83.9 Å². The predicted molar refractivity (Wildman–Crippen MR) is 80.6 cm³/mol. The van der Waals surface area contributed by atoms with Crippen molar-refractivity contribution in [1.82, 2.24) is 14.8 Å². The summed E-state index contributed by atoms with van der Waals surface area (Å²) in [6.45, 7) is -0.758. The van der Waals surface area contributed by atoms with E-state index in [1.165, 1.54) is 30.6 Å². The van der Waals surface area contributed by atoms with Gasteiger partial charge in [-0.05, 0) is 30.3 Å². The number of hydrogen-bond donors (Lipinski definition) is 1. The van der Waals surface area contributed by atoms with Gasteiger partial charge in [0.2, 0.25) is 0 Å². The first-order valence-electron chi connectivity index (χ1n) is 7.29. The molecule has 2 heterocycles. The van der Waals surface area contributed by atoms with Crippen molar-refractivity contribution >= 4 is 0 Å². The quantitative estimate of drug-likeness (QED) is 0.718. The second kappa shape index (κ2) is 6.29. The minimum absolute atomic E-state index is 0.442. The molecule has 0 spiro atoms. The summed E-state index contributed by atoms with van der Waals surface area (Å²) in [5.74, 6) is -6.20. The Kier molecular flexibility index (Phi) is 4.30. The van der Waals surface area contributed by atoms with Gasteiger partial charge in [0, 0.05) is 30.2 Å². The molecule has 0 radical (unpaired) electrons. The fraction of sp³-hybridized carbons (Fsp3) is 0.176. The van der Waals surface area contributed by atoms with Crippen LogP contribution in [0.3, 0.4) is 0 Å². The summed E-state index contributed by atoms with van der Waals surface area (Å²) in [6, 6.07) is 7.30. The zero-order valence-electron chi connectivity index (χ0n) is 12.8. The molecule has 0 amide bonds. The molecule has 1 atom stereocenters. The first-order chi connectivity index (χ1) is 11.8. The second-order valence-electron chi connectivity index (χ2n) is 5.48. The lowest BCUT2D eigenvalue weighted by molar-refractivity contribution is -0.207. The van der Waals surface area contributed by atoms with Crippen LogP contribution < -0.4 is 0 Å². The molecule has 3 rings (SSSR count). The van der Waals surface area contributed by atoms with Crippen LogP contribution in [0.1, 0.15) is 11.3 Å². The molecular formula is C17H13F4N3O. The van der Waals surface area contributed by atoms with Gasteiger partial charge < -0.3 is 5.11 Å². The highest BCUT2D eigenvalue weighted by atomic mass is 19.3. The summed E-state index contributed by atoms with van der Waals surface area (Å²) < 4.78 is 58.8. The Bertz CT molecular complexity index is 856. The molecule has 0 aliphatic carbocycles. The lowest BCUT2D eigenvalue weighted by Crippen LogP contribution is -2.48. The van der Waals surface area contributed by atoms with Crippen LogP contribution in [0.15, 0.2) is 61.1 Å². The Balaban J connectivity index is 2.18. The molecule has 0 fully saturated rings. The number of rotatable bonds is 5. The molecule has 3 aromatic rings. The minimum Gasteiger partial charge on any atom is -0.377 e. The van der Waals surface area contributed by atoms with Crippen LogP contribution in [-0.4, -0.2) is 19.9 Å². The van der Waals surface area contributed by atoms with E-state index in [0.29, 0.717) is 6.07 Å². The number of halogens is 4. The van der Waals surface area contributed by atoms with Crippen molar-refractivity contribution in [2.24, 2.45) is 0 Å². The average Bonchev–Trinajstić information content (AvgIpc) is 3.08. The van der Waals surface area contributed by atoms with E-state index in [2.05, 4.69) is 10.1 Å². The molecule has 0 saturated carbocycles. The third-order valence-electron chi connectivity index (χ3n) is 3.83. The molecule has 130 valence electrons. The molecule has 25 heavy (non-hydrogen) atoms. The van der Waals surface area contributed by atoms with E-state index in [0.717, 1.165) is 29.1 Å². The van der Waals surface area contributed by atoms with Crippen molar-refractivity contribution < 1.29 is 22.7 Å². The average molecular weight is 351 g/mol. The number of pyridine rings is 1. The van der Waals surface area contributed by atoms with Crippen LogP contribution in [-0.2, 0) is 18.1 Å². The number of hydrogen-bond acceptors (Lipinski definition) is 3. The van der Waals surface area contributed by atoms with Crippen molar-refractivity contribution in [2.75, 3.05) is 0 Å². The van der Waals surface area contributed by atoms with Crippen LogP contribution in [0, 0.1) is 11.6 Å². The zero-order chi connectivity index (χ0) is 18.1. The van der Waals surface area contributed by atoms with E-state index in [4.69, 9.17) is 0 Å². The van der Waals surface area contributed by atoms with Gasteiger partial charge >= 0.3 is 5.92 Å². The number of aliphatic hydroxyl groups is 1. The maximum absolute atomic E-state index is 15.1. The molecule has 1 aromatic carbocycles. The second-order valence-corrected chi connectivity index (χ2v) is 5.48. The molecule has 2 aromatic heterocycles. The highest BCUT2D eigenvalue weighted by molar-refractivity contribution is 5.31. The van der Waals surface area contributed by atoms with E-state index in [1.54, 1.807) is 0 Å². The molecular weight excluding hydrogens is 338 g/mol. The summed E-state index contributed by atoms with van der Waals surface area (Å²) in [6.07, 6.45) is 3.82. The summed E-state index contributed by atoms with van der Waals surface area (Å²) >= 11 is 0. The first kappa shape index (κ1) is 17.1. The minimum atomic E-state index is -3.97. The van der Waals surface area contributed by atoms with E-state index in [9.17, 15) is 13.9 Å². The predicted octanol–water partition coefficient (Wildman–Crippen LogP) is 3.24. The summed E-state index contributed by atoms with van der Waals surface area (Å²) in [5, 5.41) is 14.7.